The number of anilines is 1. The van der Waals surface area contributed by atoms with Crippen LogP contribution in [0.4, 0.5) is 5.95 Å². The predicted molar refractivity (Wildman–Crippen MR) is 136 cm³/mol. The van der Waals surface area contributed by atoms with E-state index in [4.69, 9.17) is 44.3 Å². The van der Waals surface area contributed by atoms with E-state index in [9.17, 15) is 4.79 Å². The monoisotopic (exact) mass is 520 g/mol. The van der Waals surface area contributed by atoms with E-state index in [1.807, 2.05) is 19.1 Å². The molecule has 3 aromatic rings. The molecule has 1 aromatic heterocycles. The van der Waals surface area contributed by atoms with Crippen LogP contribution < -0.4 is 15.4 Å². The highest BCUT2D eigenvalue weighted by atomic mass is 35.5. The molecule has 1 aliphatic rings. The summed E-state index contributed by atoms with van der Waals surface area (Å²) in [5.41, 5.74) is 2.82. The fraction of sp³-hybridized carbons (Fsp3) is 0.292. The van der Waals surface area contributed by atoms with Gasteiger partial charge in [-0.1, -0.05) is 48.3 Å². The van der Waals surface area contributed by atoms with Crippen LogP contribution in [0.1, 0.15) is 12.5 Å². The van der Waals surface area contributed by atoms with E-state index in [1.165, 1.54) is 6.08 Å². The van der Waals surface area contributed by atoms with Crippen molar-refractivity contribution in [3.8, 4) is 16.9 Å². The molecular weight excluding hydrogens is 499 g/mol. The standard InChI is InChI=1S/C24H23Cl3N4O3/c1-4-12-7-19(33-3)23(27)21(22(12)26)14-6-13-9-28-24(30-16(13)8-15(14)25)31-18-11-34-10-17(18)29-20(32)5-2/h5-9,17-18H,2,4,10-11H2,1,3H3,(H,29,32)(H,28,30,31)/t17-,18+/m0/s1. The van der Waals surface area contributed by atoms with Crippen molar-refractivity contribution in [2.75, 3.05) is 25.6 Å². The molecule has 0 unspecified atom stereocenters. The van der Waals surface area contributed by atoms with Crippen molar-refractivity contribution >= 4 is 57.6 Å². The molecule has 4 rings (SSSR count). The summed E-state index contributed by atoms with van der Waals surface area (Å²) >= 11 is 20.0. The maximum Gasteiger partial charge on any atom is 0.243 e. The molecule has 0 aliphatic carbocycles. The zero-order valence-electron chi connectivity index (χ0n) is 18.6. The summed E-state index contributed by atoms with van der Waals surface area (Å²) in [5, 5.41) is 8.19. The first kappa shape index (κ1) is 24.5. The summed E-state index contributed by atoms with van der Waals surface area (Å²) in [4.78, 5) is 20.7. The van der Waals surface area contributed by atoms with Crippen molar-refractivity contribution in [1.82, 2.24) is 15.3 Å². The van der Waals surface area contributed by atoms with E-state index < -0.39 is 0 Å². The first-order valence-corrected chi connectivity index (χ1v) is 11.8. The average molecular weight is 522 g/mol. The van der Waals surface area contributed by atoms with Crippen LogP contribution in [-0.4, -0.2) is 48.3 Å². The van der Waals surface area contributed by atoms with E-state index >= 15 is 0 Å². The van der Waals surface area contributed by atoms with Gasteiger partial charge < -0.3 is 20.1 Å². The maximum absolute atomic E-state index is 11.7. The molecule has 0 radical (unpaired) electrons. The van der Waals surface area contributed by atoms with E-state index in [2.05, 4.69) is 27.2 Å². The van der Waals surface area contributed by atoms with Gasteiger partial charge in [0.15, 0.2) is 0 Å². The van der Waals surface area contributed by atoms with Crippen LogP contribution in [0.3, 0.4) is 0 Å². The smallest absolute Gasteiger partial charge is 0.243 e. The van der Waals surface area contributed by atoms with Crippen LogP contribution in [0.5, 0.6) is 5.75 Å². The molecule has 0 bridgehead atoms. The highest BCUT2D eigenvalue weighted by molar-refractivity contribution is 6.42. The Morgan fingerprint density at radius 1 is 1.24 bits per heavy atom. The molecule has 2 atom stereocenters. The fourth-order valence-electron chi connectivity index (χ4n) is 3.87. The zero-order valence-corrected chi connectivity index (χ0v) is 20.9. The molecule has 2 N–H and O–H groups in total. The lowest BCUT2D eigenvalue weighted by Gasteiger charge is -2.20. The number of carbonyl (C=O) groups is 1. The number of fused-ring (bicyclic) bond motifs is 1. The van der Waals surface area contributed by atoms with Gasteiger partial charge in [-0.15, -0.1) is 0 Å². The first-order chi connectivity index (χ1) is 16.4. The van der Waals surface area contributed by atoms with Crippen molar-refractivity contribution in [3.05, 3.63) is 57.7 Å². The van der Waals surface area contributed by atoms with Gasteiger partial charge in [-0.05, 0) is 36.3 Å². The molecule has 2 aromatic carbocycles. The van der Waals surface area contributed by atoms with Crippen molar-refractivity contribution in [1.29, 1.82) is 0 Å². The summed E-state index contributed by atoms with van der Waals surface area (Å²) in [7, 11) is 1.56. The molecule has 1 saturated heterocycles. The Kier molecular flexibility index (Phi) is 7.48. The van der Waals surface area contributed by atoms with Crippen molar-refractivity contribution < 1.29 is 14.3 Å². The number of rotatable bonds is 7. The van der Waals surface area contributed by atoms with E-state index in [0.29, 0.717) is 63.0 Å². The third kappa shape index (κ3) is 4.79. The Morgan fingerprint density at radius 3 is 2.71 bits per heavy atom. The molecule has 34 heavy (non-hydrogen) atoms. The van der Waals surface area contributed by atoms with Crippen molar-refractivity contribution in [3.63, 3.8) is 0 Å². The number of aryl methyl sites for hydroxylation is 1. The van der Waals surface area contributed by atoms with Gasteiger partial charge in [0.2, 0.25) is 11.9 Å². The number of halogens is 3. The van der Waals surface area contributed by atoms with Gasteiger partial charge in [-0.3, -0.25) is 4.79 Å². The second kappa shape index (κ2) is 10.4. The minimum atomic E-state index is -0.262. The lowest BCUT2D eigenvalue weighted by molar-refractivity contribution is -0.117. The Balaban J connectivity index is 1.68. The van der Waals surface area contributed by atoms with E-state index in [1.54, 1.807) is 19.4 Å². The van der Waals surface area contributed by atoms with Gasteiger partial charge in [0.25, 0.3) is 0 Å². The molecule has 178 valence electrons. The number of methoxy groups -OCH3 is 1. The Labute approximate surface area is 212 Å². The quantitative estimate of drug-likeness (QED) is 0.410. The highest BCUT2D eigenvalue weighted by Crippen LogP contribution is 2.46. The topological polar surface area (TPSA) is 85.4 Å². The number of hydrogen-bond donors (Lipinski definition) is 2. The Morgan fingerprint density at radius 2 is 2.00 bits per heavy atom. The van der Waals surface area contributed by atoms with Crippen LogP contribution >= 0.6 is 34.8 Å². The fourth-order valence-corrected chi connectivity index (χ4v) is 4.88. The second-order valence-corrected chi connectivity index (χ2v) is 8.95. The Bertz CT molecular complexity index is 1240. The molecule has 0 saturated carbocycles. The zero-order chi connectivity index (χ0) is 24.4. The van der Waals surface area contributed by atoms with Gasteiger partial charge >= 0.3 is 0 Å². The summed E-state index contributed by atoms with van der Waals surface area (Å²) in [6.07, 6.45) is 3.63. The second-order valence-electron chi connectivity index (χ2n) is 7.79. The van der Waals surface area contributed by atoms with Gasteiger partial charge in [-0.25, -0.2) is 9.97 Å². The summed E-state index contributed by atoms with van der Waals surface area (Å²) in [6, 6.07) is 5.04. The summed E-state index contributed by atoms with van der Waals surface area (Å²) < 4.78 is 10.9. The van der Waals surface area contributed by atoms with Crippen molar-refractivity contribution in [2.45, 2.75) is 25.4 Å². The molecule has 1 aliphatic heterocycles. The normalized spacial score (nSPS) is 17.6. The lowest BCUT2D eigenvalue weighted by atomic mass is 9.99. The Hall–Kier alpha value is -2.58. The van der Waals surface area contributed by atoms with Crippen LogP contribution in [0.15, 0.2) is 37.1 Å². The molecule has 1 fully saturated rings. The molecule has 10 heteroatoms. The minimum absolute atomic E-state index is 0.182. The van der Waals surface area contributed by atoms with E-state index in [0.717, 1.165) is 10.9 Å². The van der Waals surface area contributed by atoms with Gasteiger partial charge in [0, 0.05) is 22.7 Å². The number of hydrogen-bond acceptors (Lipinski definition) is 6. The number of aromatic nitrogens is 2. The highest BCUT2D eigenvalue weighted by Gasteiger charge is 2.30. The van der Waals surface area contributed by atoms with Crippen LogP contribution in [0.2, 0.25) is 15.1 Å². The third-order valence-electron chi connectivity index (χ3n) is 5.69. The molecule has 7 nitrogen and oxygen atoms in total. The molecule has 2 heterocycles. The van der Waals surface area contributed by atoms with Crippen molar-refractivity contribution in [2.24, 2.45) is 0 Å². The number of nitrogens with one attached hydrogen (secondary N) is 2. The van der Waals surface area contributed by atoms with Gasteiger partial charge in [0.1, 0.15) is 5.75 Å². The maximum atomic E-state index is 11.7. The van der Waals surface area contributed by atoms with E-state index in [-0.39, 0.29) is 18.0 Å². The SMILES string of the molecule is C=CC(=O)N[C@H]1COC[C@H]1Nc1ncc2cc(-c3c(Cl)c(CC)cc(OC)c3Cl)c(Cl)cc2n1. The summed E-state index contributed by atoms with van der Waals surface area (Å²) in [5.74, 6) is 0.666. The number of ether oxygens (including phenoxy) is 2. The minimum Gasteiger partial charge on any atom is -0.495 e. The number of amides is 1. The molecule has 0 spiro atoms. The molecule has 1 amide bonds. The number of carbonyl (C=O) groups excluding carboxylic acids is 1. The molecular formula is C24H23Cl3N4O3. The largest absolute Gasteiger partial charge is 0.495 e. The van der Waals surface area contributed by atoms with Crippen LogP contribution in [-0.2, 0) is 16.0 Å². The number of benzene rings is 2. The van der Waals surface area contributed by atoms with Gasteiger partial charge in [0.05, 0.1) is 53.0 Å². The van der Waals surface area contributed by atoms with Crippen LogP contribution in [0.25, 0.3) is 22.0 Å². The number of nitrogens with zero attached hydrogens (tertiary/aromatic N) is 2. The average Bonchev–Trinajstić information content (AvgIpc) is 3.25. The summed E-state index contributed by atoms with van der Waals surface area (Å²) in [6.45, 7) is 6.29. The predicted octanol–water partition coefficient (Wildman–Crippen LogP) is 5.31. The lowest BCUT2D eigenvalue weighted by Crippen LogP contribution is -2.45. The van der Waals surface area contributed by atoms with Gasteiger partial charge in [-0.2, -0.15) is 0 Å². The third-order valence-corrected chi connectivity index (χ3v) is 6.81. The van der Waals surface area contributed by atoms with Crippen LogP contribution in [0, 0.1) is 0 Å². The first-order valence-electron chi connectivity index (χ1n) is 10.6.